The van der Waals surface area contributed by atoms with E-state index < -0.39 is 0 Å². The lowest BCUT2D eigenvalue weighted by molar-refractivity contribution is 0.101. The fourth-order valence-corrected chi connectivity index (χ4v) is 2.06. The first-order chi connectivity index (χ1) is 7.63. The molecule has 0 saturated carbocycles. The van der Waals surface area contributed by atoms with Crippen LogP contribution in [0.3, 0.4) is 0 Å². The second kappa shape index (κ2) is 4.12. The molecule has 1 aromatic heterocycles. The summed E-state index contributed by atoms with van der Waals surface area (Å²) in [6, 6.07) is 0. The molecule has 0 amide bonds. The largest absolute Gasteiger partial charge is 0.383 e. The zero-order valence-electron chi connectivity index (χ0n) is 10.0. The second-order valence-corrected chi connectivity index (χ2v) is 4.27. The van der Waals surface area contributed by atoms with Crippen molar-refractivity contribution in [3.63, 3.8) is 0 Å². The summed E-state index contributed by atoms with van der Waals surface area (Å²) in [6.07, 6.45) is 5.35. The van der Waals surface area contributed by atoms with Gasteiger partial charge in [-0.3, -0.25) is 4.79 Å². The number of hydrogen-bond acceptors (Lipinski definition) is 3. The fraction of sp³-hybridized carbons (Fsp3) is 0.500. The maximum absolute atomic E-state index is 12.2. The number of carbonyl (C=O) groups is 1. The van der Waals surface area contributed by atoms with Gasteiger partial charge in [0.25, 0.3) is 0 Å². The minimum Gasteiger partial charge on any atom is -0.383 e. The van der Waals surface area contributed by atoms with E-state index in [9.17, 15) is 4.79 Å². The number of Topliss-reactive ketones (excluding diaryl/α,β-unsaturated/α-hetero) is 1. The Balaban J connectivity index is 2.41. The number of fused-ring (bicyclic) bond motifs is 1. The van der Waals surface area contributed by atoms with Crippen LogP contribution in [-0.2, 0) is 13.0 Å². The smallest absolute Gasteiger partial charge is 0.208 e. The summed E-state index contributed by atoms with van der Waals surface area (Å²) < 4.78 is 1.93. The average molecular weight is 219 g/mol. The highest BCUT2D eigenvalue weighted by molar-refractivity contribution is 6.09. The molecule has 1 aliphatic carbocycles. The Hall–Kier alpha value is -1.58. The molecule has 0 bridgehead atoms. The number of aromatic nitrogens is 2. The molecule has 0 aromatic carbocycles. The summed E-state index contributed by atoms with van der Waals surface area (Å²) in [7, 11) is 3.87. The van der Waals surface area contributed by atoms with Gasteiger partial charge in [0, 0.05) is 32.4 Å². The van der Waals surface area contributed by atoms with Crippen LogP contribution in [0.25, 0.3) is 0 Å². The van der Waals surface area contributed by atoms with E-state index in [1.807, 2.05) is 36.7 Å². The zero-order chi connectivity index (χ0) is 11.7. The van der Waals surface area contributed by atoms with Gasteiger partial charge in [0.15, 0.2) is 0 Å². The van der Waals surface area contributed by atoms with Gasteiger partial charge in [-0.2, -0.15) is 0 Å². The molecule has 0 unspecified atom stereocenters. The summed E-state index contributed by atoms with van der Waals surface area (Å²) in [6.45, 7) is 2.82. The maximum Gasteiger partial charge on any atom is 0.208 e. The fourth-order valence-electron chi connectivity index (χ4n) is 2.06. The number of ketones is 1. The van der Waals surface area contributed by atoms with Gasteiger partial charge in [-0.15, -0.1) is 0 Å². The van der Waals surface area contributed by atoms with E-state index in [-0.39, 0.29) is 5.78 Å². The third kappa shape index (κ3) is 1.75. The molecule has 4 heteroatoms. The van der Waals surface area contributed by atoms with E-state index in [0.717, 1.165) is 36.3 Å². The molecular weight excluding hydrogens is 202 g/mol. The third-order valence-corrected chi connectivity index (χ3v) is 2.81. The molecule has 0 spiro atoms. The van der Waals surface area contributed by atoms with Crippen molar-refractivity contribution in [1.29, 1.82) is 0 Å². The lowest BCUT2D eigenvalue weighted by Gasteiger charge is -2.17. The van der Waals surface area contributed by atoms with E-state index >= 15 is 0 Å². The summed E-state index contributed by atoms with van der Waals surface area (Å²) in [5.74, 6) is 0.134. The molecule has 16 heavy (non-hydrogen) atoms. The van der Waals surface area contributed by atoms with Crippen LogP contribution in [0.2, 0.25) is 0 Å². The Morgan fingerprint density at radius 3 is 2.88 bits per heavy atom. The summed E-state index contributed by atoms with van der Waals surface area (Å²) in [4.78, 5) is 18.5. The van der Waals surface area contributed by atoms with E-state index in [1.165, 1.54) is 0 Å². The monoisotopic (exact) mass is 219 g/mol. The third-order valence-electron chi connectivity index (χ3n) is 2.81. The SMILES string of the molecule is CCn1cnc2c1C(=O)/C(=C\N(C)C)CC2. The molecule has 86 valence electrons. The van der Waals surface area contributed by atoms with Crippen molar-refractivity contribution in [3.8, 4) is 0 Å². The van der Waals surface area contributed by atoms with Crippen molar-refractivity contribution in [2.75, 3.05) is 14.1 Å². The van der Waals surface area contributed by atoms with Gasteiger partial charge in [0.2, 0.25) is 5.78 Å². The van der Waals surface area contributed by atoms with Crippen LogP contribution in [0.4, 0.5) is 0 Å². The Labute approximate surface area is 95.6 Å². The quantitative estimate of drug-likeness (QED) is 0.707. The second-order valence-electron chi connectivity index (χ2n) is 4.27. The number of nitrogens with zero attached hydrogens (tertiary/aromatic N) is 3. The number of hydrogen-bond donors (Lipinski definition) is 0. The molecular formula is C12H17N3O. The first kappa shape index (κ1) is 10.9. The topological polar surface area (TPSA) is 38.1 Å². The molecule has 0 aliphatic heterocycles. The molecule has 0 fully saturated rings. The molecule has 1 heterocycles. The van der Waals surface area contributed by atoms with Crippen molar-refractivity contribution in [2.24, 2.45) is 0 Å². The average Bonchev–Trinajstić information content (AvgIpc) is 2.65. The minimum atomic E-state index is 0.134. The highest BCUT2D eigenvalue weighted by Crippen LogP contribution is 2.24. The number of carbonyl (C=O) groups excluding carboxylic acids is 1. The first-order valence-electron chi connectivity index (χ1n) is 5.59. The van der Waals surface area contributed by atoms with Gasteiger partial charge in [-0.25, -0.2) is 4.98 Å². The minimum absolute atomic E-state index is 0.134. The molecule has 4 nitrogen and oxygen atoms in total. The molecule has 1 aliphatic rings. The van der Waals surface area contributed by atoms with Crippen LogP contribution in [0.15, 0.2) is 18.1 Å². The lowest BCUT2D eigenvalue weighted by Crippen LogP contribution is -2.19. The molecule has 0 radical (unpaired) electrons. The Morgan fingerprint density at radius 1 is 1.50 bits per heavy atom. The van der Waals surface area contributed by atoms with Crippen molar-refractivity contribution in [2.45, 2.75) is 26.3 Å². The number of rotatable bonds is 2. The molecule has 0 saturated heterocycles. The van der Waals surface area contributed by atoms with Gasteiger partial charge < -0.3 is 9.47 Å². The number of imidazole rings is 1. The normalized spacial score (nSPS) is 17.7. The Morgan fingerprint density at radius 2 is 2.25 bits per heavy atom. The predicted octanol–water partition coefficient (Wildman–Crippen LogP) is 1.48. The zero-order valence-corrected chi connectivity index (χ0v) is 10.0. The molecule has 0 atom stereocenters. The summed E-state index contributed by atoms with van der Waals surface area (Å²) in [5.41, 5.74) is 2.61. The van der Waals surface area contributed by atoms with Crippen LogP contribution < -0.4 is 0 Å². The van der Waals surface area contributed by atoms with Crippen LogP contribution in [-0.4, -0.2) is 34.3 Å². The van der Waals surface area contributed by atoms with E-state index in [2.05, 4.69) is 4.98 Å². The van der Waals surface area contributed by atoms with Gasteiger partial charge in [-0.05, 0) is 19.8 Å². The van der Waals surface area contributed by atoms with Gasteiger partial charge >= 0.3 is 0 Å². The highest BCUT2D eigenvalue weighted by atomic mass is 16.1. The van der Waals surface area contributed by atoms with E-state index in [4.69, 9.17) is 0 Å². The van der Waals surface area contributed by atoms with Crippen LogP contribution in [0.5, 0.6) is 0 Å². The number of aryl methyl sites for hydroxylation is 2. The Bertz CT molecular complexity index is 430. The van der Waals surface area contributed by atoms with Crippen LogP contribution >= 0.6 is 0 Å². The first-order valence-corrected chi connectivity index (χ1v) is 5.59. The maximum atomic E-state index is 12.2. The lowest BCUT2D eigenvalue weighted by atomic mass is 9.94. The molecule has 2 rings (SSSR count). The van der Waals surface area contributed by atoms with Crippen molar-refractivity contribution >= 4 is 5.78 Å². The summed E-state index contributed by atoms with van der Waals surface area (Å²) >= 11 is 0. The molecule has 0 N–H and O–H groups in total. The summed E-state index contributed by atoms with van der Waals surface area (Å²) in [5, 5.41) is 0. The van der Waals surface area contributed by atoms with Crippen LogP contribution in [0, 0.1) is 0 Å². The van der Waals surface area contributed by atoms with Gasteiger partial charge in [0.05, 0.1) is 12.0 Å². The van der Waals surface area contributed by atoms with E-state index in [0.29, 0.717) is 0 Å². The highest BCUT2D eigenvalue weighted by Gasteiger charge is 2.26. The predicted molar refractivity (Wildman–Crippen MR) is 62.3 cm³/mol. The van der Waals surface area contributed by atoms with Crippen LogP contribution in [0.1, 0.15) is 29.5 Å². The molecule has 1 aromatic rings. The van der Waals surface area contributed by atoms with Crippen molar-refractivity contribution < 1.29 is 4.79 Å². The van der Waals surface area contributed by atoms with Crippen molar-refractivity contribution in [1.82, 2.24) is 14.5 Å². The number of allylic oxidation sites excluding steroid dienone is 1. The van der Waals surface area contributed by atoms with Crippen molar-refractivity contribution in [3.05, 3.63) is 29.5 Å². The Kier molecular flexibility index (Phi) is 2.81. The standard InChI is InChI=1S/C12H17N3O/c1-4-15-8-13-10-6-5-9(7-14(2)3)12(16)11(10)15/h7-8H,4-6H2,1-3H3/b9-7-. The van der Waals surface area contributed by atoms with E-state index in [1.54, 1.807) is 6.33 Å². The van der Waals surface area contributed by atoms with Gasteiger partial charge in [0.1, 0.15) is 5.69 Å². The van der Waals surface area contributed by atoms with Gasteiger partial charge in [-0.1, -0.05) is 0 Å².